The molecule has 2 N–H and O–H groups in total. The van der Waals surface area contributed by atoms with Crippen LogP contribution in [0.2, 0.25) is 0 Å². The highest BCUT2D eigenvalue weighted by molar-refractivity contribution is 6.04. The van der Waals surface area contributed by atoms with Gasteiger partial charge in [-0.15, -0.1) is 0 Å². The molecule has 1 heterocycles. The first-order valence-electron chi connectivity index (χ1n) is 6.30. The minimum Gasteiger partial charge on any atom is -0.478 e. The molecular weight excluding hydrogens is 268 g/mol. The summed E-state index contributed by atoms with van der Waals surface area (Å²) >= 11 is 0. The zero-order valence-electron chi connectivity index (χ0n) is 11.4. The third-order valence-corrected chi connectivity index (χ3v) is 2.74. The summed E-state index contributed by atoms with van der Waals surface area (Å²) in [5, 5.41) is 11.3. The molecule has 21 heavy (non-hydrogen) atoms. The number of hydrogen-bond acceptors (Lipinski definition) is 3. The Labute approximate surface area is 122 Å². The predicted molar refractivity (Wildman–Crippen MR) is 80.0 cm³/mol. The SMILES string of the molecule is Cc1ccc(C(=O)Nc2cccc(C=CC(=O)O)c2)cn1. The minimum absolute atomic E-state index is 0.262. The van der Waals surface area contributed by atoms with Crippen molar-refractivity contribution in [2.45, 2.75) is 6.92 Å². The highest BCUT2D eigenvalue weighted by Gasteiger charge is 2.06. The van der Waals surface area contributed by atoms with Crippen LogP contribution in [0.1, 0.15) is 21.6 Å². The fourth-order valence-electron chi connectivity index (χ4n) is 1.69. The summed E-state index contributed by atoms with van der Waals surface area (Å²) in [6.45, 7) is 1.85. The van der Waals surface area contributed by atoms with Gasteiger partial charge in [-0.1, -0.05) is 12.1 Å². The minimum atomic E-state index is -1.02. The van der Waals surface area contributed by atoms with Crippen molar-refractivity contribution in [2.75, 3.05) is 5.32 Å². The maximum absolute atomic E-state index is 12.0. The van der Waals surface area contributed by atoms with Crippen LogP contribution in [0.5, 0.6) is 0 Å². The van der Waals surface area contributed by atoms with Gasteiger partial charge in [0.15, 0.2) is 0 Å². The van der Waals surface area contributed by atoms with E-state index in [1.165, 1.54) is 12.3 Å². The number of rotatable bonds is 4. The number of nitrogens with one attached hydrogen (secondary N) is 1. The normalized spacial score (nSPS) is 10.5. The van der Waals surface area contributed by atoms with E-state index in [4.69, 9.17) is 5.11 Å². The maximum Gasteiger partial charge on any atom is 0.328 e. The molecule has 0 radical (unpaired) electrons. The highest BCUT2D eigenvalue weighted by Crippen LogP contribution is 2.13. The Morgan fingerprint density at radius 3 is 2.71 bits per heavy atom. The van der Waals surface area contributed by atoms with Crippen LogP contribution < -0.4 is 5.32 Å². The monoisotopic (exact) mass is 282 g/mol. The summed E-state index contributed by atoms with van der Waals surface area (Å²) in [5.41, 5.74) is 2.59. The van der Waals surface area contributed by atoms with Crippen LogP contribution in [-0.4, -0.2) is 22.0 Å². The molecule has 106 valence electrons. The fraction of sp³-hybridized carbons (Fsp3) is 0.0625. The second kappa shape index (κ2) is 6.47. The van der Waals surface area contributed by atoms with Crippen molar-refractivity contribution in [3.8, 4) is 0 Å². The van der Waals surface area contributed by atoms with E-state index >= 15 is 0 Å². The number of aryl methyl sites for hydroxylation is 1. The summed E-state index contributed by atoms with van der Waals surface area (Å²) in [7, 11) is 0. The molecule has 0 aliphatic rings. The number of aliphatic carboxylic acids is 1. The Hall–Kier alpha value is -2.95. The van der Waals surface area contributed by atoms with Gasteiger partial charge < -0.3 is 10.4 Å². The van der Waals surface area contributed by atoms with Crippen molar-refractivity contribution in [1.82, 2.24) is 4.98 Å². The van der Waals surface area contributed by atoms with Gasteiger partial charge in [-0.3, -0.25) is 9.78 Å². The van der Waals surface area contributed by atoms with Crippen molar-refractivity contribution in [2.24, 2.45) is 0 Å². The molecule has 1 aromatic heterocycles. The average molecular weight is 282 g/mol. The molecule has 2 rings (SSSR count). The van der Waals surface area contributed by atoms with Crippen LogP contribution in [0.15, 0.2) is 48.7 Å². The van der Waals surface area contributed by atoms with E-state index in [-0.39, 0.29) is 5.91 Å². The molecule has 0 saturated carbocycles. The van der Waals surface area contributed by atoms with Crippen LogP contribution in [0.25, 0.3) is 6.08 Å². The molecule has 0 aliphatic carbocycles. The Kier molecular flexibility index (Phi) is 4.46. The number of amides is 1. The van der Waals surface area contributed by atoms with Crippen molar-refractivity contribution in [1.29, 1.82) is 0 Å². The number of carboxylic acids is 1. The summed E-state index contributed by atoms with van der Waals surface area (Å²) in [6.07, 6.45) is 4.02. The Morgan fingerprint density at radius 2 is 2.05 bits per heavy atom. The quantitative estimate of drug-likeness (QED) is 0.845. The zero-order chi connectivity index (χ0) is 15.2. The van der Waals surface area contributed by atoms with E-state index in [0.29, 0.717) is 16.8 Å². The van der Waals surface area contributed by atoms with Crippen LogP contribution in [0.4, 0.5) is 5.69 Å². The number of hydrogen-bond donors (Lipinski definition) is 2. The maximum atomic E-state index is 12.0. The van der Waals surface area contributed by atoms with Gasteiger partial charge in [-0.2, -0.15) is 0 Å². The van der Waals surface area contributed by atoms with Crippen LogP contribution in [0, 0.1) is 6.92 Å². The van der Waals surface area contributed by atoms with Crippen molar-refractivity contribution in [3.05, 3.63) is 65.5 Å². The zero-order valence-corrected chi connectivity index (χ0v) is 11.4. The van der Waals surface area contributed by atoms with E-state index in [1.54, 1.807) is 36.4 Å². The molecule has 0 unspecified atom stereocenters. The second-order valence-corrected chi connectivity index (χ2v) is 4.44. The number of carbonyl (C=O) groups is 2. The Bertz CT molecular complexity index is 691. The lowest BCUT2D eigenvalue weighted by molar-refractivity contribution is -0.131. The molecule has 2 aromatic rings. The number of carbonyl (C=O) groups excluding carboxylic acids is 1. The van der Waals surface area contributed by atoms with Gasteiger partial charge in [0, 0.05) is 23.7 Å². The Balaban J connectivity index is 2.12. The van der Waals surface area contributed by atoms with Gasteiger partial charge >= 0.3 is 5.97 Å². The van der Waals surface area contributed by atoms with Crippen molar-refractivity contribution in [3.63, 3.8) is 0 Å². The van der Waals surface area contributed by atoms with Crippen molar-refractivity contribution < 1.29 is 14.7 Å². The van der Waals surface area contributed by atoms with Gasteiger partial charge in [-0.25, -0.2) is 4.79 Å². The van der Waals surface area contributed by atoms with Crippen LogP contribution in [-0.2, 0) is 4.79 Å². The van der Waals surface area contributed by atoms with Gasteiger partial charge in [0.1, 0.15) is 0 Å². The first-order chi connectivity index (χ1) is 10.0. The third kappa shape index (κ3) is 4.28. The molecular formula is C16H14N2O3. The number of carboxylic acid groups (broad SMARTS) is 1. The summed E-state index contributed by atoms with van der Waals surface area (Å²) in [6, 6.07) is 10.4. The lowest BCUT2D eigenvalue weighted by Crippen LogP contribution is -2.12. The summed E-state index contributed by atoms with van der Waals surface area (Å²) < 4.78 is 0. The number of nitrogens with zero attached hydrogens (tertiary/aromatic N) is 1. The highest BCUT2D eigenvalue weighted by atomic mass is 16.4. The average Bonchev–Trinajstić information content (AvgIpc) is 2.46. The van der Waals surface area contributed by atoms with Gasteiger partial charge in [0.2, 0.25) is 0 Å². The van der Waals surface area contributed by atoms with E-state index in [1.807, 2.05) is 6.92 Å². The standard InChI is InChI=1S/C16H14N2O3/c1-11-5-7-13(10-17-11)16(21)18-14-4-2-3-12(9-14)6-8-15(19)20/h2-10H,1H3,(H,18,21)(H,19,20). The molecule has 0 atom stereocenters. The van der Waals surface area contributed by atoms with Gasteiger partial charge in [0.25, 0.3) is 5.91 Å². The fourth-order valence-corrected chi connectivity index (χ4v) is 1.69. The van der Waals surface area contributed by atoms with Gasteiger partial charge in [-0.05, 0) is 42.8 Å². The Morgan fingerprint density at radius 1 is 1.24 bits per heavy atom. The molecule has 0 aliphatic heterocycles. The smallest absolute Gasteiger partial charge is 0.328 e. The first-order valence-corrected chi connectivity index (χ1v) is 6.30. The number of anilines is 1. The molecule has 5 heteroatoms. The van der Waals surface area contributed by atoms with E-state index in [2.05, 4.69) is 10.3 Å². The predicted octanol–water partition coefficient (Wildman–Crippen LogP) is 2.74. The lowest BCUT2D eigenvalue weighted by Gasteiger charge is -2.06. The van der Waals surface area contributed by atoms with Crippen LogP contribution >= 0.6 is 0 Å². The molecule has 5 nitrogen and oxygen atoms in total. The molecule has 0 spiro atoms. The topological polar surface area (TPSA) is 79.3 Å². The van der Waals surface area contributed by atoms with E-state index < -0.39 is 5.97 Å². The van der Waals surface area contributed by atoms with Gasteiger partial charge in [0.05, 0.1) is 5.56 Å². The van der Waals surface area contributed by atoms with Crippen LogP contribution in [0.3, 0.4) is 0 Å². The molecule has 0 bridgehead atoms. The third-order valence-electron chi connectivity index (χ3n) is 2.74. The number of pyridine rings is 1. The molecule has 1 amide bonds. The first kappa shape index (κ1) is 14.5. The lowest BCUT2D eigenvalue weighted by atomic mass is 10.1. The summed E-state index contributed by atoms with van der Waals surface area (Å²) in [5.74, 6) is -1.28. The number of benzene rings is 1. The summed E-state index contributed by atoms with van der Waals surface area (Å²) in [4.78, 5) is 26.6. The molecule has 0 fully saturated rings. The largest absolute Gasteiger partial charge is 0.478 e. The van der Waals surface area contributed by atoms with E-state index in [9.17, 15) is 9.59 Å². The molecule has 0 saturated heterocycles. The second-order valence-electron chi connectivity index (χ2n) is 4.44. The van der Waals surface area contributed by atoms with E-state index in [0.717, 1.165) is 11.8 Å². The van der Waals surface area contributed by atoms with Crippen molar-refractivity contribution >= 4 is 23.6 Å². The number of aromatic nitrogens is 1. The molecule has 1 aromatic carbocycles.